The molecule has 28 heteroatoms. The lowest BCUT2D eigenvalue weighted by Crippen LogP contribution is -2.59. The van der Waals surface area contributed by atoms with Crippen LogP contribution in [0.15, 0.2) is 59.6 Å². The Bertz CT molecular complexity index is 2380. The van der Waals surface area contributed by atoms with E-state index in [1.54, 1.807) is 30.3 Å². The number of nitrogens with two attached hydrogens (primary N) is 4. The van der Waals surface area contributed by atoms with Crippen LogP contribution >= 0.6 is 21.6 Å². The fourth-order valence-electron chi connectivity index (χ4n) is 7.74. The highest BCUT2D eigenvalue weighted by Gasteiger charge is 2.40. The maximum Gasteiger partial charge on any atom is 0.326 e. The highest BCUT2D eigenvalue weighted by Crippen LogP contribution is 2.26. The van der Waals surface area contributed by atoms with Gasteiger partial charge in [-0.25, -0.2) is 4.79 Å². The molecule has 2 aliphatic heterocycles. The van der Waals surface area contributed by atoms with Crippen LogP contribution in [0.3, 0.4) is 0 Å². The Labute approximate surface area is 433 Å². The number of phenolic OH excluding ortho intramolecular Hbond substituents is 1. The summed E-state index contributed by atoms with van der Waals surface area (Å²) in [6.07, 6.45) is -1.55. The molecule has 0 unspecified atom stereocenters. The number of nitrogens with one attached hydrogen (secondary N) is 7. The first-order chi connectivity index (χ1) is 35.2. The summed E-state index contributed by atoms with van der Waals surface area (Å²) in [5.41, 5.74) is 22.5. The molecule has 74 heavy (non-hydrogen) atoms. The standard InChI is InChI=1S/C46H63N13O13S2/c47-35(61)15-14-29-40(66)58-32(45(71)72)22-38(64)54-33(44(70)59-18-5-9-34(59)43(69)56-28(8-4-17-51-46(49)50)39(65)52-23-36(48)62)24-74-73-19-16-37(63)53-30(21-26-10-12-27(60)13-11-26)41(67)57-31(42(68)55-29)20-25-6-2-1-3-7-25/h1-3,6-7,10-13,28-34,60H,4-5,8-9,14-24H2,(H2,47,61)(H2,48,62)(H,52,65)(H,53,63)(H,54,64)(H,55,68)(H,56,69)(H,57,67)(H,58,66)(H,71,72)(H4,49,50,51)/t28-,29-,30-,31-,32-,33-,34+/m0/s1. The number of carboxylic acid groups (broad SMARTS) is 1. The molecule has 402 valence electrons. The Balaban J connectivity index is 1.65. The molecule has 10 amide bonds. The third-order valence-corrected chi connectivity index (χ3v) is 13.9. The van der Waals surface area contributed by atoms with Gasteiger partial charge in [0.25, 0.3) is 0 Å². The van der Waals surface area contributed by atoms with Crippen molar-refractivity contribution in [1.82, 2.24) is 42.1 Å². The van der Waals surface area contributed by atoms with Crippen LogP contribution in [0.5, 0.6) is 5.75 Å². The number of aliphatic carboxylic acids is 1. The van der Waals surface area contributed by atoms with E-state index >= 15 is 0 Å². The number of primary amides is 2. The number of likely N-dealkylation sites (tertiary alicyclic amines) is 1. The molecule has 0 bridgehead atoms. The Morgan fingerprint density at radius 1 is 0.757 bits per heavy atom. The molecule has 0 aliphatic carbocycles. The summed E-state index contributed by atoms with van der Waals surface area (Å²) in [6, 6.07) is 4.21. The summed E-state index contributed by atoms with van der Waals surface area (Å²) < 4.78 is 0. The van der Waals surface area contributed by atoms with Crippen LogP contribution in [0.1, 0.15) is 62.5 Å². The van der Waals surface area contributed by atoms with Gasteiger partial charge in [-0.05, 0) is 55.4 Å². The lowest BCUT2D eigenvalue weighted by Gasteiger charge is -2.30. The summed E-state index contributed by atoms with van der Waals surface area (Å²) in [7, 11) is 2.17. The maximum absolute atomic E-state index is 14.4. The fraction of sp³-hybridized carbons (Fsp3) is 0.478. The van der Waals surface area contributed by atoms with Crippen molar-refractivity contribution in [2.45, 2.75) is 107 Å². The van der Waals surface area contributed by atoms with Gasteiger partial charge in [-0.1, -0.05) is 64.1 Å². The molecule has 0 aromatic heterocycles. The van der Waals surface area contributed by atoms with E-state index in [-0.39, 0.29) is 74.8 Å². The molecule has 4 rings (SSSR count). The topological polar surface area (TPSA) is 432 Å². The van der Waals surface area contributed by atoms with Gasteiger partial charge < -0.3 is 75.3 Å². The molecule has 2 saturated heterocycles. The number of carbonyl (C=O) groups is 11. The zero-order chi connectivity index (χ0) is 54.3. The van der Waals surface area contributed by atoms with Crippen LogP contribution in [0.4, 0.5) is 0 Å². The lowest BCUT2D eigenvalue weighted by atomic mass is 10.0. The first-order valence-corrected chi connectivity index (χ1v) is 26.0. The summed E-state index contributed by atoms with van der Waals surface area (Å²) in [4.78, 5) is 152. The quantitative estimate of drug-likeness (QED) is 0.0295. The van der Waals surface area contributed by atoms with E-state index in [1.807, 2.05) is 0 Å². The van der Waals surface area contributed by atoms with Crippen molar-refractivity contribution >= 4 is 92.6 Å². The number of benzene rings is 2. The van der Waals surface area contributed by atoms with E-state index in [0.29, 0.717) is 17.5 Å². The number of aliphatic imine (C=N–C) groups is 1. The van der Waals surface area contributed by atoms with Crippen molar-refractivity contribution in [3.05, 3.63) is 65.7 Å². The molecule has 0 spiro atoms. The van der Waals surface area contributed by atoms with Crippen LogP contribution in [0, 0.1) is 0 Å². The average Bonchev–Trinajstić information content (AvgIpc) is 3.85. The maximum atomic E-state index is 14.4. The molecule has 26 nitrogen and oxygen atoms in total. The zero-order valence-electron chi connectivity index (χ0n) is 40.2. The van der Waals surface area contributed by atoms with Gasteiger partial charge in [0.05, 0.1) is 13.0 Å². The molecule has 17 N–H and O–H groups in total. The number of carboxylic acids is 1. The normalized spacial score (nSPS) is 21.9. The fourth-order valence-corrected chi connectivity index (χ4v) is 9.88. The van der Waals surface area contributed by atoms with Crippen LogP contribution in [0.2, 0.25) is 0 Å². The van der Waals surface area contributed by atoms with E-state index in [1.165, 1.54) is 29.2 Å². The second kappa shape index (κ2) is 29.8. The minimum atomic E-state index is -1.96. The van der Waals surface area contributed by atoms with Gasteiger partial charge in [0.1, 0.15) is 48.0 Å². The van der Waals surface area contributed by atoms with Gasteiger partial charge in [-0.15, -0.1) is 0 Å². The lowest BCUT2D eigenvalue weighted by molar-refractivity contribution is -0.145. The van der Waals surface area contributed by atoms with Crippen molar-refractivity contribution in [3.63, 3.8) is 0 Å². The molecule has 2 aromatic carbocycles. The van der Waals surface area contributed by atoms with Gasteiger partial charge >= 0.3 is 5.97 Å². The van der Waals surface area contributed by atoms with E-state index in [9.17, 15) is 63.0 Å². The SMILES string of the molecule is NC(=O)CC[C@@H]1NC(=O)[C@H](Cc2ccccc2)NC(=O)[C@H](Cc2ccc(O)cc2)NC(=O)CCSSC[C@@H](C(=O)N2CCC[C@@H]2C(=O)N[C@@H](CCCN=C(N)N)C(=O)NCC(N)=O)NC(=O)C[C@@H](C(=O)O)NC1=O. The summed E-state index contributed by atoms with van der Waals surface area (Å²) in [6.45, 7) is -0.398. The van der Waals surface area contributed by atoms with Crippen molar-refractivity contribution in [2.24, 2.45) is 27.9 Å². The van der Waals surface area contributed by atoms with Gasteiger partial charge in [-0.2, -0.15) is 0 Å². The van der Waals surface area contributed by atoms with Crippen LogP contribution in [-0.4, -0.2) is 160 Å². The number of rotatable bonds is 18. The largest absolute Gasteiger partial charge is 0.508 e. The monoisotopic (exact) mass is 1070 g/mol. The van der Waals surface area contributed by atoms with Crippen LogP contribution < -0.4 is 60.2 Å². The number of amides is 10. The smallest absolute Gasteiger partial charge is 0.326 e. The first-order valence-electron chi connectivity index (χ1n) is 23.5. The molecule has 0 saturated carbocycles. The van der Waals surface area contributed by atoms with Crippen molar-refractivity contribution in [2.75, 3.05) is 31.1 Å². The van der Waals surface area contributed by atoms with E-state index < -0.39 is 133 Å². The van der Waals surface area contributed by atoms with Gasteiger partial charge in [0.2, 0.25) is 59.1 Å². The Kier molecular flexibility index (Phi) is 23.7. The number of phenols is 1. The highest BCUT2D eigenvalue weighted by molar-refractivity contribution is 8.76. The Hall–Kier alpha value is -7.62. The Morgan fingerprint density at radius 3 is 2.03 bits per heavy atom. The second-order valence-electron chi connectivity index (χ2n) is 17.3. The number of guanidine groups is 1. The van der Waals surface area contributed by atoms with E-state index in [4.69, 9.17) is 22.9 Å². The number of hydrogen-bond acceptors (Lipinski definition) is 15. The van der Waals surface area contributed by atoms with Crippen molar-refractivity contribution in [1.29, 1.82) is 0 Å². The third kappa shape index (κ3) is 20.1. The van der Waals surface area contributed by atoms with Gasteiger partial charge in [-0.3, -0.25) is 52.9 Å². The van der Waals surface area contributed by atoms with E-state index in [2.05, 4.69) is 42.2 Å². The molecule has 0 radical (unpaired) electrons. The second-order valence-corrected chi connectivity index (χ2v) is 19.9. The molecule has 2 fully saturated rings. The van der Waals surface area contributed by atoms with Gasteiger partial charge in [0, 0.05) is 50.3 Å². The van der Waals surface area contributed by atoms with Crippen molar-refractivity contribution in [3.8, 4) is 5.75 Å². The predicted octanol–water partition coefficient (Wildman–Crippen LogP) is -3.74. The minimum absolute atomic E-state index is 0.0128. The average molecular weight is 1070 g/mol. The molecular formula is C46H63N13O13S2. The zero-order valence-corrected chi connectivity index (χ0v) is 41.9. The summed E-state index contributed by atoms with van der Waals surface area (Å²) >= 11 is 0. The summed E-state index contributed by atoms with van der Waals surface area (Å²) in [5, 5.41) is 37.7. The van der Waals surface area contributed by atoms with Crippen LogP contribution in [0.25, 0.3) is 0 Å². The predicted molar refractivity (Wildman–Crippen MR) is 271 cm³/mol. The number of aromatic hydroxyl groups is 1. The first kappa shape index (κ1) is 58.9. The molecule has 2 heterocycles. The van der Waals surface area contributed by atoms with Crippen molar-refractivity contribution < 1.29 is 63.0 Å². The molecule has 7 atom stereocenters. The van der Waals surface area contributed by atoms with Crippen LogP contribution in [-0.2, 0) is 65.6 Å². The van der Waals surface area contributed by atoms with E-state index in [0.717, 1.165) is 21.6 Å². The van der Waals surface area contributed by atoms with Gasteiger partial charge in [0.15, 0.2) is 5.96 Å². The minimum Gasteiger partial charge on any atom is -0.508 e. The third-order valence-electron chi connectivity index (χ3n) is 11.5. The Morgan fingerprint density at radius 2 is 1.39 bits per heavy atom. The molecular weight excluding hydrogens is 1010 g/mol. The number of carbonyl (C=O) groups excluding carboxylic acids is 10. The number of nitrogens with zero attached hydrogens (tertiary/aromatic N) is 2. The number of hydrogen-bond donors (Lipinski definition) is 13. The molecule has 2 aliphatic rings. The summed E-state index contributed by atoms with van der Waals surface area (Å²) in [5.74, 6) is -10.5. The highest BCUT2D eigenvalue weighted by atomic mass is 33.1. The molecule has 2 aromatic rings.